The summed E-state index contributed by atoms with van der Waals surface area (Å²) in [7, 11) is 0. The molecule has 1 N–H and O–H groups in total. The zero-order valence-electron chi connectivity index (χ0n) is 15.5. The average Bonchev–Trinajstić information content (AvgIpc) is 2.68. The van der Waals surface area contributed by atoms with E-state index in [0.29, 0.717) is 17.1 Å². The highest BCUT2D eigenvalue weighted by Gasteiger charge is 2.18. The Hall–Kier alpha value is -2.28. The van der Waals surface area contributed by atoms with E-state index in [1.54, 1.807) is 6.07 Å². The van der Waals surface area contributed by atoms with Crippen molar-refractivity contribution >= 4 is 23.1 Å². The van der Waals surface area contributed by atoms with Gasteiger partial charge in [-0.3, -0.25) is 19.8 Å². The van der Waals surface area contributed by atoms with Crippen molar-refractivity contribution in [3.8, 4) is 0 Å². The molecule has 1 unspecified atom stereocenters. The molecule has 0 aliphatic heterocycles. The minimum absolute atomic E-state index is 0.0805. The number of non-ortho nitro benzene ring substituents is 1. The maximum Gasteiger partial charge on any atom is 0.270 e. The Balaban J connectivity index is 2.04. The van der Waals surface area contributed by atoms with E-state index in [1.165, 1.54) is 18.2 Å². The van der Waals surface area contributed by atoms with Crippen molar-refractivity contribution in [2.75, 3.05) is 26.2 Å². The zero-order valence-corrected chi connectivity index (χ0v) is 16.3. The number of nitro benzene ring substituents is 1. The summed E-state index contributed by atoms with van der Waals surface area (Å²) < 4.78 is 0. The van der Waals surface area contributed by atoms with Crippen LogP contribution in [0.3, 0.4) is 0 Å². The lowest BCUT2D eigenvalue weighted by atomic mass is 10.0. The van der Waals surface area contributed by atoms with Crippen LogP contribution < -0.4 is 5.32 Å². The van der Waals surface area contributed by atoms with Crippen molar-refractivity contribution in [3.05, 3.63) is 74.8 Å². The third-order valence-electron chi connectivity index (χ3n) is 4.51. The van der Waals surface area contributed by atoms with Crippen LogP contribution in [0.5, 0.6) is 0 Å². The molecule has 0 saturated heterocycles. The van der Waals surface area contributed by atoms with Crippen LogP contribution in [0.25, 0.3) is 0 Å². The van der Waals surface area contributed by atoms with Gasteiger partial charge in [-0.25, -0.2) is 0 Å². The molecule has 0 radical (unpaired) electrons. The molecule has 0 aromatic heterocycles. The molecule has 0 aliphatic rings. The summed E-state index contributed by atoms with van der Waals surface area (Å²) in [5, 5.41) is 14.8. The largest absolute Gasteiger partial charge is 0.308 e. The number of rotatable bonds is 10. The highest BCUT2D eigenvalue weighted by Crippen LogP contribution is 2.22. The molecule has 27 heavy (non-hydrogen) atoms. The van der Waals surface area contributed by atoms with Gasteiger partial charge in [0.1, 0.15) is 0 Å². The van der Waals surface area contributed by atoms with Crippen molar-refractivity contribution in [2.45, 2.75) is 19.9 Å². The highest BCUT2D eigenvalue weighted by atomic mass is 35.5. The molecule has 0 aliphatic carbocycles. The Labute approximate surface area is 164 Å². The van der Waals surface area contributed by atoms with Crippen molar-refractivity contribution in [1.82, 2.24) is 10.2 Å². The van der Waals surface area contributed by atoms with E-state index in [0.717, 1.165) is 18.7 Å². The van der Waals surface area contributed by atoms with E-state index >= 15 is 0 Å². The number of nitrogens with one attached hydrogen (secondary N) is 1. The number of nitrogens with zero attached hydrogens (tertiary/aromatic N) is 2. The fraction of sp³-hybridized carbons (Fsp3) is 0.350. The quantitative estimate of drug-likeness (QED) is 0.376. The van der Waals surface area contributed by atoms with Crippen LogP contribution in [-0.4, -0.2) is 41.8 Å². The molecule has 0 amide bonds. The summed E-state index contributed by atoms with van der Waals surface area (Å²) in [5.41, 5.74) is 1.38. The molecule has 0 bridgehead atoms. The van der Waals surface area contributed by atoms with Crippen LogP contribution in [0.1, 0.15) is 35.8 Å². The molecular weight excluding hydrogens is 366 g/mol. The van der Waals surface area contributed by atoms with Gasteiger partial charge in [-0.05, 0) is 30.8 Å². The fourth-order valence-corrected chi connectivity index (χ4v) is 3.15. The number of ketones is 1. The minimum Gasteiger partial charge on any atom is -0.308 e. The Morgan fingerprint density at radius 2 is 1.85 bits per heavy atom. The number of nitro groups is 1. The number of hydrogen-bond donors (Lipinski definition) is 1. The highest BCUT2D eigenvalue weighted by molar-refractivity contribution is 6.30. The van der Waals surface area contributed by atoms with Crippen molar-refractivity contribution in [3.63, 3.8) is 0 Å². The van der Waals surface area contributed by atoms with Crippen LogP contribution in [0.2, 0.25) is 5.02 Å². The number of halogens is 1. The molecule has 144 valence electrons. The summed E-state index contributed by atoms with van der Waals surface area (Å²) in [6.07, 6.45) is 0. The number of Topliss-reactive ketones (excluding diaryl/α,β-unsaturated/α-hetero) is 1. The monoisotopic (exact) mass is 389 g/mol. The topological polar surface area (TPSA) is 75.5 Å². The van der Waals surface area contributed by atoms with Gasteiger partial charge in [0.25, 0.3) is 5.69 Å². The molecule has 2 rings (SSSR count). The van der Waals surface area contributed by atoms with Gasteiger partial charge in [0.15, 0.2) is 5.78 Å². The second kappa shape index (κ2) is 10.2. The van der Waals surface area contributed by atoms with Crippen LogP contribution in [-0.2, 0) is 0 Å². The van der Waals surface area contributed by atoms with Gasteiger partial charge in [0, 0.05) is 35.3 Å². The Bertz CT molecular complexity index is 776. The molecule has 2 aromatic rings. The van der Waals surface area contributed by atoms with E-state index in [1.807, 2.05) is 24.3 Å². The van der Waals surface area contributed by atoms with Gasteiger partial charge >= 0.3 is 0 Å². The zero-order chi connectivity index (χ0) is 19.8. The first-order valence-corrected chi connectivity index (χ1v) is 9.32. The molecule has 0 fully saturated rings. The van der Waals surface area contributed by atoms with Crippen molar-refractivity contribution < 1.29 is 9.72 Å². The molecule has 1 atom stereocenters. The number of carbonyl (C=O) groups is 1. The predicted molar refractivity (Wildman–Crippen MR) is 107 cm³/mol. The normalized spacial score (nSPS) is 12.1. The molecule has 2 aromatic carbocycles. The summed E-state index contributed by atoms with van der Waals surface area (Å²) in [4.78, 5) is 25.0. The second-order valence-electron chi connectivity index (χ2n) is 6.15. The maximum absolute atomic E-state index is 12.4. The molecule has 0 spiro atoms. The lowest BCUT2D eigenvalue weighted by Gasteiger charge is -2.30. The summed E-state index contributed by atoms with van der Waals surface area (Å²) in [5.74, 6) is -0.173. The lowest BCUT2D eigenvalue weighted by molar-refractivity contribution is -0.384. The fourth-order valence-electron chi connectivity index (χ4n) is 3.02. The molecule has 0 saturated carbocycles. The third-order valence-corrected chi connectivity index (χ3v) is 4.76. The molecule has 7 heteroatoms. The first-order valence-electron chi connectivity index (χ1n) is 8.94. The van der Waals surface area contributed by atoms with Crippen LogP contribution in [0.15, 0.2) is 48.5 Å². The number of hydrogen-bond acceptors (Lipinski definition) is 5. The average molecular weight is 390 g/mol. The van der Waals surface area contributed by atoms with E-state index in [9.17, 15) is 14.9 Å². The summed E-state index contributed by atoms with van der Waals surface area (Å²) in [6, 6.07) is 13.6. The smallest absolute Gasteiger partial charge is 0.270 e. The molecule has 6 nitrogen and oxygen atoms in total. The molecular formula is C20H24ClN3O3. The standard InChI is InChI=1S/C20H24ClN3O3/c1-3-23(4-2)19(15-8-10-17(21)11-9-15)13-22-14-20(25)16-6-5-7-18(12-16)24(26)27/h5-12,19,22H,3-4,13-14H2,1-2H3. The Morgan fingerprint density at radius 1 is 1.19 bits per heavy atom. The second-order valence-corrected chi connectivity index (χ2v) is 6.59. The van der Waals surface area contributed by atoms with Crippen LogP contribution >= 0.6 is 11.6 Å². The first kappa shape index (κ1) is 21.0. The van der Waals surface area contributed by atoms with Crippen LogP contribution in [0.4, 0.5) is 5.69 Å². The lowest BCUT2D eigenvalue weighted by Crippen LogP contribution is -2.37. The van der Waals surface area contributed by atoms with Gasteiger partial charge in [0.05, 0.1) is 11.5 Å². The minimum atomic E-state index is -0.499. The van der Waals surface area contributed by atoms with Gasteiger partial charge in [-0.2, -0.15) is 0 Å². The van der Waals surface area contributed by atoms with Gasteiger partial charge in [-0.15, -0.1) is 0 Å². The SMILES string of the molecule is CCN(CC)C(CNCC(=O)c1cccc([N+](=O)[O-])c1)c1ccc(Cl)cc1. The number of carbonyl (C=O) groups excluding carboxylic acids is 1. The van der Waals surface area contributed by atoms with E-state index in [2.05, 4.69) is 24.1 Å². The number of benzene rings is 2. The van der Waals surface area contributed by atoms with Gasteiger partial charge in [0.2, 0.25) is 0 Å². The molecule has 0 heterocycles. The maximum atomic E-state index is 12.4. The Kier molecular flexibility index (Phi) is 7.91. The van der Waals surface area contributed by atoms with Crippen molar-refractivity contribution in [2.24, 2.45) is 0 Å². The van der Waals surface area contributed by atoms with E-state index in [4.69, 9.17) is 11.6 Å². The summed E-state index contributed by atoms with van der Waals surface area (Å²) in [6.45, 7) is 6.66. The van der Waals surface area contributed by atoms with Crippen molar-refractivity contribution in [1.29, 1.82) is 0 Å². The predicted octanol–water partition coefficient (Wildman–Crippen LogP) is 4.10. The summed E-state index contributed by atoms with van der Waals surface area (Å²) >= 11 is 5.99. The van der Waals surface area contributed by atoms with Gasteiger partial charge in [-0.1, -0.05) is 49.7 Å². The third kappa shape index (κ3) is 5.85. The van der Waals surface area contributed by atoms with Crippen LogP contribution in [0, 0.1) is 10.1 Å². The first-order chi connectivity index (χ1) is 13.0. The van der Waals surface area contributed by atoms with E-state index in [-0.39, 0.29) is 24.1 Å². The number of likely N-dealkylation sites (N-methyl/N-ethyl adjacent to an activating group) is 1. The Morgan fingerprint density at radius 3 is 2.44 bits per heavy atom. The van der Waals surface area contributed by atoms with Gasteiger partial charge < -0.3 is 5.32 Å². The van der Waals surface area contributed by atoms with E-state index < -0.39 is 4.92 Å².